The molecule has 0 saturated carbocycles. The molecule has 1 heterocycles. The minimum atomic E-state index is -0.396. The SMILES string of the molecule is O=C1Nc2ccccc2CC[C@@H]1Cl. The fraction of sp³-hybridized carbons (Fsp3) is 0.300. The number of rotatable bonds is 0. The van der Waals surface area contributed by atoms with Crippen LogP contribution in [0.5, 0.6) is 0 Å². The van der Waals surface area contributed by atoms with Crippen LogP contribution in [0.2, 0.25) is 0 Å². The highest BCUT2D eigenvalue weighted by Crippen LogP contribution is 2.23. The first-order chi connectivity index (χ1) is 6.27. The van der Waals surface area contributed by atoms with Gasteiger partial charge in [-0.05, 0) is 24.5 Å². The molecule has 13 heavy (non-hydrogen) atoms. The summed E-state index contributed by atoms with van der Waals surface area (Å²) in [5, 5.41) is 2.41. The zero-order valence-electron chi connectivity index (χ0n) is 7.09. The Kier molecular flexibility index (Phi) is 2.23. The summed E-state index contributed by atoms with van der Waals surface area (Å²) in [5.41, 5.74) is 2.06. The first-order valence-electron chi connectivity index (χ1n) is 4.30. The van der Waals surface area contributed by atoms with Gasteiger partial charge < -0.3 is 5.32 Å². The number of fused-ring (bicyclic) bond motifs is 1. The van der Waals surface area contributed by atoms with Crippen molar-refractivity contribution < 1.29 is 4.79 Å². The molecule has 0 aromatic heterocycles. The Morgan fingerprint density at radius 3 is 3.00 bits per heavy atom. The molecule has 1 aliphatic heterocycles. The number of carbonyl (C=O) groups excluding carboxylic acids is 1. The molecule has 2 rings (SSSR count). The van der Waals surface area contributed by atoms with Crippen molar-refractivity contribution >= 4 is 23.2 Å². The number of carbonyl (C=O) groups is 1. The van der Waals surface area contributed by atoms with Gasteiger partial charge in [-0.2, -0.15) is 0 Å². The van der Waals surface area contributed by atoms with Crippen LogP contribution in [0.1, 0.15) is 12.0 Å². The molecule has 0 unspecified atom stereocenters. The monoisotopic (exact) mass is 195 g/mol. The molecule has 1 aliphatic rings. The van der Waals surface area contributed by atoms with E-state index in [2.05, 4.69) is 5.32 Å². The molecule has 1 aromatic carbocycles. The van der Waals surface area contributed by atoms with Gasteiger partial charge in [0, 0.05) is 5.69 Å². The van der Waals surface area contributed by atoms with E-state index < -0.39 is 5.38 Å². The highest BCUT2D eigenvalue weighted by atomic mass is 35.5. The van der Waals surface area contributed by atoms with Gasteiger partial charge in [-0.25, -0.2) is 0 Å². The maximum atomic E-state index is 11.3. The van der Waals surface area contributed by atoms with Gasteiger partial charge in [0.05, 0.1) is 0 Å². The van der Waals surface area contributed by atoms with E-state index in [1.165, 1.54) is 5.56 Å². The van der Waals surface area contributed by atoms with Crippen molar-refractivity contribution in [1.29, 1.82) is 0 Å². The maximum Gasteiger partial charge on any atom is 0.242 e. The average molecular weight is 196 g/mol. The number of nitrogens with one attached hydrogen (secondary N) is 1. The summed E-state index contributed by atoms with van der Waals surface area (Å²) in [6, 6.07) is 7.81. The third-order valence-electron chi connectivity index (χ3n) is 2.23. The third kappa shape index (κ3) is 1.68. The van der Waals surface area contributed by atoms with Gasteiger partial charge in [-0.15, -0.1) is 11.6 Å². The molecule has 0 spiro atoms. The van der Waals surface area contributed by atoms with E-state index in [9.17, 15) is 4.79 Å². The number of hydrogen-bond acceptors (Lipinski definition) is 1. The Bertz CT molecular complexity index is 337. The molecule has 0 aliphatic carbocycles. The van der Waals surface area contributed by atoms with Gasteiger partial charge in [-0.1, -0.05) is 18.2 Å². The van der Waals surface area contributed by atoms with Crippen LogP contribution in [-0.2, 0) is 11.2 Å². The van der Waals surface area contributed by atoms with E-state index in [-0.39, 0.29) is 5.91 Å². The maximum absolute atomic E-state index is 11.3. The van der Waals surface area contributed by atoms with Crippen molar-refractivity contribution in [1.82, 2.24) is 0 Å². The quantitative estimate of drug-likeness (QED) is 0.632. The number of anilines is 1. The van der Waals surface area contributed by atoms with Crippen LogP contribution in [-0.4, -0.2) is 11.3 Å². The summed E-state index contributed by atoms with van der Waals surface area (Å²) in [6.07, 6.45) is 1.58. The second-order valence-corrected chi connectivity index (χ2v) is 3.68. The lowest BCUT2D eigenvalue weighted by Crippen LogP contribution is -2.21. The zero-order valence-corrected chi connectivity index (χ0v) is 7.84. The smallest absolute Gasteiger partial charge is 0.242 e. The number of aryl methyl sites for hydroxylation is 1. The Balaban J connectivity index is 2.35. The minimum absolute atomic E-state index is 0.0911. The molecule has 0 bridgehead atoms. The number of halogens is 1. The standard InChI is InChI=1S/C10H10ClNO/c11-8-6-5-7-3-1-2-4-9(7)12-10(8)13/h1-4,8H,5-6H2,(H,12,13)/t8-/m0/s1. The molecule has 1 N–H and O–H groups in total. The van der Waals surface area contributed by atoms with Crippen molar-refractivity contribution in [3.8, 4) is 0 Å². The van der Waals surface area contributed by atoms with Crippen LogP contribution in [0.25, 0.3) is 0 Å². The van der Waals surface area contributed by atoms with Crippen molar-refractivity contribution in [3.63, 3.8) is 0 Å². The molecule has 0 fully saturated rings. The second kappa shape index (κ2) is 3.38. The summed E-state index contributed by atoms with van der Waals surface area (Å²) in [4.78, 5) is 11.3. The topological polar surface area (TPSA) is 29.1 Å². The molecule has 68 valence electrons. The molecule has 3 heteroatoms. The lowest BCUT2D eigenvalue weighted by atomic mass is 10.1. The van der Waals surface area contributed by atoms with E-state index in [1.807, 2.05) is 24.3 Å². The van der Waals surface area contributed by atoms with Crippen molar-refractivity contribution in [3.05, 3.63) is 29.8 Å². The number of alkyl halides is 1. The largest absolute Gasteiger partial charge is 0.325 e. The summed E-state index contributed by atoms with van der Waals surface area (Å²) in [7, 11) is 0. The van der Waals surface area contributed by atoms with Crippen LogP contribution in [0, 0.1) is 0 Å². The normalized spacial score (nSPS) is 21.6. The Morgan fingerprint density at radius 2 is 2.15 bits per heavy atom. The van der Waals surface area contributed by atoms with Crippen LogP contribution < -0.4 is 5.32 Å². The van der Waals surface area contributed by atoms with E-state index in [0.717, 1.165) is 12.1 Å². The summed E-state index contributed by atoms with van der Waals surface area (Å²) in [5.74, 6) is -0.0911. The van der Waals surface area contributed by atoms with Crippen molar-refractivity contribution in [2.24, 2.45) is 0 Å². The molecular formula is C10H10ClNO. The summed E-state index contributed by atoms with van der Waals surface area (Å²) >= 11 is 5.85. The first kappa shape index (κ1) is 8.57. The van der Waals surface area contributed by atoms with Gasteiger partial charge in [-0.3, -0.25) is 4.79 Å². The number of para-hydroxylation sites is 1. The molecule has 0 radical (unpaired) electrons. The van der Waals surface area contributed by atoms with E-state index in [1.54, 1.807) is 0 Å². The lowest BCUT2D eigenvalue weighted by Gasteiger charge is -2.05. The number of benzene rings is 1. The summed E-state index contributed by atoms with van der Waals surface area (Å²) in [6.45, 7) is 0. The third-order valence-corrected chi connectivity index (χ3v) is 2.64. The molecule has 1 atom stereocenters. The molecule has 0 saturated heterocycles. The van der Waals surface area contributed by atoms with Crippen LogP contribution in [0.15, 0.2) is 24.3 Å². The number of amides is 1. The van der Waals surface area contributed by atoms with Crippen molar-refractivity contribution in [2.45, 2.75) is 18.2 Å². The molecule has 1 amide bonds. The molecular weight excluding hydrogens is 186 g/mol. The zero-order chi connectivity index (χ0) is 9.26. The predicted octanol–water partition coefficient (Wildman–Crippen LogP) is 2.18. The van der Waals surface area contributed by atoms with E-state index in [0.29, 0.717) is 6.42 Å². The van der Waals surface area contributed by atoms with Gasteiger partial charge in [0.15, 0.2) is 0 Å². The first-order valence-corrected chi connectivity index (χ1v) is 4.74. The Morgan fingerprint density at radius 1 is 1.38 bits per heavy atom. The fourth-order valence-electron chi connectivity index (χ4n) is 1.48. The van der Waals surface area contributed by atoms with E-state index in [4.69, 9.17) is 11.6 Å². The fourth-order valence-corrected chi connectivity index (χ4v) is 1.65. The van der Waals surface area contributed by atoms with Crippen LogP contribution in [0.4, 0.5) is 5.69 Å². The van der Waals surface area contributed by atoms with Gasteiger partial charge in [0.25, 0.3) is 0 Å². The summed E-state index contributed by atoms with van der Waals surface area (Å²) < 4.78 is 0. The number of hydrogen-bond donors (Lipinski definition) is 1. The average Bonchev–Trinajstić information content (AvgIpc) is 2.28. The Labute approximate surface area is 81.9 Å². The van der Waals surface area contributed by atoms with Crippen LogP contribution in [0.3, 0.4) is 0 Å². The highest BCUT2D eigenvalue weighted by molar-refractivity contribution is 6.32. The Hall–Kier alpha value is -1.02. The predicted molar refractivity (Wildman–Crippen MR) is 53.0 cm³/mol. The minimum Gasteiger partial charge on any atom is -0.325 e. The lowest BCUT2D eigenvalue weighted by molar-refractivity contribution is -0.115. The highest BCUT2D eigenvalue weighted by Gasteiger charge is 2.20. The second-order valence-electron chi connectivity index (χ2n) is 3.15. The molecule has 1 aromatic rings. The van der Waals surface area contributed by atoms with Gasteiger partial charge in [0.1, 0.15) is 5.38 Å². The van der Waals surface area contributed by atoms with Crippen molar-refractivity contribution in [2.75, 3.05) is 5.32 Å². The molecule has 2 nitrogen and oxygen atoms in total. The van der Waals surface area contributed by atoms with Gasteiger partial charge >= 0.3 is 0 Å². The van der Waals surface area contributed by atoms with E-state index >= 15 is 0 Å². The van der Waals surface area contributed by atoms with Crippen LogP contribution >= 0.6 is 11.6 Å². The van der Waals surface area contributed by atoms with Gasteiger partial charge in [0.2, 0.25) is 5.91 Å².